The Balaban J connectivity index is 2.97. The van der Waals surface area contributed by atoms with Crippen molar-refractivity contribution >= 4 is 5.82 Å². The van der Waals surface area contributed by atoms with Gasteiger partial charge in [0.15, 0.2) is 0 Å². The first-order chi connectivity index (χ1) is 7.74. The second kappa shape index (κ2) is 6.43. The number of rotatable bonds is 6. The zero-order valence-corrected chi connectivity index (χ0v) is 10.3. The van der Waals surface area contributed by atoms with Crippen molar-refractivity contribution in [2.24, 2.45) is 0 Å². The molecule has 0 fully saturated rings. The van der Waals surface area contributed by atoms with Crippen molar-refractivity contribution in [2.45, 2.75) is 39.7 Å². The molecule has 1 rings (SSSR count). The summed E-state index contributed by atoms with van der Waals surface area (Å²) in [6, 6.07) is 0.419. The van der Waals surface area contributed by atoms with Gasteiger partial charge < -0.3 is 10.0 Å². The van der Waals surface area contributed by atoms with E-state index in [-0.39, 0.29) is 6.61 Å². The van der Waals surface area contributed by atoms with E-state index in [1.165, 1.54) is 0 Å². The smallest absolute Gasteiger partial charge is 0.150 e. The number of aromatic nitrogens is 2. The Kier molecular flexibility index (Phi) is 5.19. The lowest BCUT2D eigenvalue weighted by atomic mass is 10.1. The molecule has 0 aliphatic carbocycles. The van der Waals surface area contributed by atoms with Crippen LogP contribution in [0, 0.1) is 6.92 Å². The molecule has 0 aliphatic rings. The first kappa shape index (κ1) is 12.9. The number of anilines is 1. The van der Waals surface area contributed by atoms with Gasteiger partial charge >= 0.3 is 0 Å². The van der Waals surface area contributed by atoms with E-state index in [9.17, 15) is 0 Å². The minimum atomic E-state index is 0.145. The standard InChI is InChI=1S/C12H21N3O/c1-4-11(5-2)15(8-9-16)12-10(3)13-6-7-14-12/h6-7,11,16H,4-5,8-9H2,1-3H3. The normalized spacial score (nSPS) is 10.8. The molecule has 0 aliphatic heterocycles. The maximum absolute atomic E-state index is 9.14. The molecule has 1 aromatic heterocycles. The van der Waals surface area contributed by atoms with Crippen LogP contribution in [-0.2, 0) is 0 Å². The van der Waals surface area contributed by atoms with E-state index in [2.05, 4.69) is 28.7 Å². The van der Waals surface area contributed by atoms with Gasteiger partial charge in [-0.1, -0.05) is 13.8 Å². The van der Waals surface area contributed by atoms with Gasteiger partial charge in [-0.15, -0.1) is 0 Å². The maximum Gasteiger partial charge on any atom is 0.150 e. The van der Waals surface area contributed by atoms with Gasteiger partial charge in [-0.3, -0.25) is 4.98 Å². The van der Waals surface area contributed by atoms with E-state index < -0.39 is 0 Å². The van der Waals surface area contributed by atoms with E-state index in [4.69, 9.17) is 5.11 Å². The molecule has 0 saturated heterocycles. The number of hydrogen-bond donors (Lipinski definition) is 1. The van der Waals surface area contributed by atoms with Crippen molar-refractivity contribution in [3.05, 3.63) is 18.1 Å². The second-order valence-electron chi connectivity index (χ2n) is 3.85. The second-order valence-corrected chi connectivity index (χ2v) is 3.85. The Labute approximate surface area is 97.3 Å². The monoisotopic (exact) mass is 223 g/mol. The molecule has 1 N–H and O–H groups in total. The molecule has 0 unspecified atom stereocenters. The summed E-state index contributed by atoms with van der Waals surface area (Å²) in [6.45, 7) is 7.03. The van der Waals surface area contributed by atoms with Crippen LogP contribution in [0.3, 0.4) is 0 Å². The predicted octanol–water partition coefficient (Wildman–Crippen LogP) is 1.77. The zero-order valence-electron chi connectivity index (χ0n) is 10.3. The van der Waals surface area contributed by atoms with Gasteiger partial charge in [0.2, 0.25) is 0 Å². The van der Waals surface area contributed by atoms with Crippen LogP contribution in [0.5, 0.6) is 0 Å². The average Bonchev–Trinajstić information content (AvgIpc) is 2.30. The summed E-state index contributed by atoms with van der Waals surface area (Å²) in [4.78, 5) is 10.8. The molecule has 16 heavy (non-hydrogen) atoms. The van der Waals surface area contributed by atoms with Gasteiger partial charge in [0.05, 0.1) is 12.3 Å². The molecule has 0 saturated carbocycles. The fourth-order valence-corrected chi connectivity index (χ4v) is 1.98. The van der Waals surface area contributed by atoms with Crippen LogP contribution in [0.2, 0.25) is 0 Å². The average molecular weight is 223 g/mol. The molecule has 0 atom stereocenters. The highest BCUT2D eigenvalue weighted by atomic mass is 16.3. The third kappa shape index (κ3) is 2.92. The van der Waals surface area contributed by atoms with Crippen molar-refractivity contribution in [3.63, 3.8) is 0 Å². The fraction of sp³-hybridized carbons (Fsp3) is 0.667. The number of aliphatic hydroxyl groups is 1. The molecule has 4 heteroatoms. The Bertz CT molecular complexity index is 313. The molecular weight excluding hydrogens is 202 g/mol. The molecule has 0 amide bonds. The Morgan fingerprint density at radius 3 is 2.38 bits per heavy atom. The van der Waals surface area contributed by atoms with Crippen molar-refractivity contribution in [1.82, 2.24) is 9.97 Å². The van der Waals surface area contributed by atoms with Crippen LogP contribution >= 0.6 is 0 Å². The molecule has 4 nitrogen and oxygen atoms in total. The minimum absolute atomic E-state index is 0.145. The van der Waals surface area contributed by atoms with Crippen molar-refractivity contribution in [1.29, 1.82) is 0 Å². The van der Waals surface area contributed by atoms with E-state index in [1.54, 1.807) is 12.4 Å². The first-order valence-electron chi connectivity index (χ1n) is 5.89. The lowest BCUT2D eigenvalue weighted by molar-refractivity contribution is 0.295. The number of aliphatic hydroxyl groups excluding tert-OH is 1. The molecule has 1 aromatic rings. The quantitative estimate of drug-likeness (QED) is 0.798. The van der Waals surface area contributed by atoms with Crippen molar-refractivity contribution in [3.8, 4) is 0 Å². The highest BCUT2D eigenvalue weighted by Crippen LogP contribution is 2.19. The molecule has 0 bridgehead atoms. The third-order valence-corrected chi connectivity index (χ3v) is 2.85. The van der Waals surface area contributed by atoms with E-state index >= 15 is 0 Å². The number of nitrogens with zero attached hydrogens (tertiary/aromatic N) is 3. The summed E-state index contributed by atoms with van der Waals surface area (Å²) in [5, 5.41) is 9.14. The summed E-state index contributed by atoms with van der Waals surface area (Å²) in [5.41, 5.74) is 0.919. The summed E-state index contributed by atoms with van der Waals surface area (Å²) in [6.07, 6.45) is 5.50. The van der Waals surface area contributed by atoms with Crippen molar-refractivity contribution in [2.75, 3.05) is 18.1 Å². The van der Waals surface area contributed by atoms with E-state index in [1.807, 2.05) is 6.92 Å². The maximum atomic E-state index is 9.14. The molecule has 0 radical (unpaired) electrons. The number of aryl methyl sites for hydroxylation is 1. The van der Waals surface area contributed by atoms with E-state index in [0.29, 0.717) is 12.6 Å². The molecule has 1 heterocycles. The predicted molar refractivity (Wildman–Crippen MR) is 65.6 cm³/mol. The summed E-state index contributed by atoms with van der Waals surface area (Å²) >= 11 is 0. The zero-order chi connectivity index (χ0) is 12.0. The Morgan fingerprint density at radius 1 is 1.25 bits per heavy atom. The third-order valence-electron chi connectivity index (χ3n) is 2.85. The van der Waals surface area contributed by atoms with E-state index in [0.717, 1.165) is 24.4 Å². The lowest BCUT2D eigenvalue weighted by Crippen LogP contribution is -2.38. The fourth-order valence-electron chi connectivity index (χ4n) is 1.98. The molecule has 90 valence electrons. The highest BCUT2D eigenvalue weighted by Gasteiger charge is 2.18. The van der Waals surface area contributed by atoms with Crippen molar-refractivity contribution < 1.29 is 5.11 Å². The minimum Gasteiger partial charge on any atom is -0.395 e. The topological polar surface area (TPSA) is 49.2 Å². The van der Waals surface area contributed by atoms with Gasteiger partial charge in [0.1, 0.15) is 5.82 Å². The summed E-state index contributed by atoms with van der Waals surface area (Å²) < 4.78 is 0. The highest BCUT2D eigenvalue weighted by molar-refractivity contribution is 5.43. The van der Waals surface area contributed by atoms with Crippen LogP contribution in [0.15, 0.2) is 12.4 Å². The SMILES string of the molecule is CCC(CC)N(CCO)c1nccnc1C. The van der Waals surface area contributed by atoms with Gasteiger partial charge in [-0.25, -0.2) is 4.98 Å². The van der Waals surface area contributed by atoms with Gasteiger partial charge in [-0.05, 0) is 19.8 Å². The molecule has 0 aromatic carbocycles. The van der Waals surface area contributed by atoms with Crippen LogP contribution in [0.4, 0.5) is 5.82 Å². The first-order valence-corrected chi connectivity index (χ1v) is 5.89. The van der Waals surface area contributed by atoms with Crippen LogP contribution < -0.4 is 4.90 Å². The summed E-state index contributed by atoms with van der Waals surface area (Å²) in [7, 11) is 0. The number of hydrogen-bond acceptors (Lipinski definition) is 4. The van der Waals surface area contributed by atoms with Gasteiger partial charge in [0, 0.05) is 25.0 Å². The molecule has 0 spiro atoms. The Hall–Kier alpha value is -1.16. The van der Waals surface area contributed by atoms with Gasteiger partial charge in [-0.2, -0.15) is 0 Å². The lowest BCUT2D eigenvalue weighted by Gasteiger charge is -2.31. The van der Waals surface area contributed by atoms with Gasteiger partial charge in [0.25, 0.3) is 0 Å². The van der Waals surface area contributed by atoms with Crippen LogP contribution in [0.1, 0.15) is 32.4 Å². The largest absolute Gasteiger partial charge is 0.395 e. The molecular formula is C12H21N3O. The van der Waals surface area contributed by atoms with Crippen LogP contribution in [-0.4, -0.2) is 34.3 Å². The Morgan fingerprint density at radius 2 is 1.88 bits per heavy atom. The van der Waals surface area contributed by atoms with Crippen LogP contribution in [0.25, 0.3) is 0 Å². The summed E-state index contributed by atoms with van der Waals surface area (Å²) in [5.74, 6) is 0.894.